The monoisotopic (exact) mass is 420 g/mol. The summed E-state index contributed by atoms with van der Waals surface area (Å²) in [4.78, 5) is 39.9. The fourth-order valence-electron chi connectivity index (χ4n) is 3.63. The number of benzene rings is 1. The molecule has 1 atom stereocenters. The third kappa shape index (κ3) is 3.02. The topological polar surface area (TPSA) is 110 Å². The van der Waals surface area contributed by atoms with Crippen molar-refractivity contribution in [2.24, 2.45) is 13.0 Å². The summed E-state index contributed by atoms with van der Waals surface area (Å²) in [6, 6.07) is 3.50. The number of aromatic hydroxyl groups is 1. The molecule has 1 aromatic heterocycles. The van der Waals surface area contributed by atoms with Gasteiger partial charge >= 0.3 is 6.03 Å². The maximum absolute atomic E-state index is 13.0. The van der Waals surface area contributed by atoms with Gasteiger partial charge in [0.05, 0.1) is 12.1 Å². The first-order valence-electron chi connectivity index (χ1n) is 8.81. The summed E-state index contributed by atoms with van der Waals surface area (Å²) in [5.41, 5.74) is 1.48. The Balaban J connectivity index is 2.31. The van der Waals surface area contributed by atoms with Crippen LogP contribution in [0.3, 0.4) is 0 Å². The minimum absolute atomic E-state index is 0.0149. The number of aromatic nitrogens is 2. The molecule has 0 saturated carbocycles. The number of phenols is 1. The largest absolute Gasteiger partial charge is 0.711 e. The predicted molar refractivity (Wildman–Crippen MR) is 103 cm³/mol. The van der Waals surface area contributed by atoms with Gasteiger partial charge in [0.1, 0.15) is 29.0 Å². The molecule has 1 fully saturated rings. The SMILES string of the molecule is Cc1c(C)[n+]([O-])c(C(c2ccc(O)c(Cl)c2)C2C(=O)N(C)C(=O)N(C)C2=O)n1C. The van der Waals surface area contributed by atoms with Crippen molar-refractivity contribution in [3.8, 4) is 5.75 Å². The van der Waals surface area contributed by atoms with Gasteiger partial charge in [0.2, 0.25) is 11.8 Å². The second-order valence-electron chi connectivity index (χ2n) is 7.13. The molecule has 1 unspecified atom stereocenters. The first kappa shape index (κ1) is 20.7. The zero-order chi connectivity index (χ0) is 21.8. The Morgan fingerprint density at radius 3 is 2.10 bits per heavy atom. The van der Waals surface area contributed by atoms with E-state index in [2.05, 4.69) is 0 Å². The minimum Gasteiger partial charge on any atom is -0.711 e. The van der Waals surface area contributed by atoms with E-state index >= 15 is 0 Å². The second kappa shape index (κ2) is 7.07. The summed E-state index contributed by atoms with van der Waals surface area (Å²) < 4.78 is 2.29. The van der Waals surface area contributed by atoms with Crippen molar-refractivity contribution < 1.29 is 24.2 Å². The van der Waals surface area contributed by atoms with Gasteiger partial charge in [-0.05, 0) is 17.7 Å². The summed E-state index contributed by atoms with van der Waals surface area (Å²) in [6.07, 6.45) is 0. The number of amides is 4. The van der Waals surface area contributed by atoms with Crippen molar-refractivity contribution >= 4 is 29.4 Å². The van der Waals surface area contributed by atoms with Crippen LogP contribution in [0.2, 0.25) is 5.02 Å². The van der Waals surface area contributed by atoms with Crippen molar-refractivity contribution in [1.29, 1.82) is 0 Å². The lowest BCUT2D eigenvalue weighted by Crippen LogP contribution is -2.59. The molecule has 1 N–H and O–H groups in total. The number of carbonyl (C=O) groups excluding carboxylic acids is 3. The molecule has 0 aliphatic carbocycles. The van der Waals surface area contributed by atoms with Crippen molar-refractivity contribution in [3.63, 3.8) is 0 Å². The zero-order valence-electron chi connectivity index (χ0n) is 16.6. The number of carbonyl (C=O) groups is 3. The van der Waals surface area contributed by atoms with Crippen LogP contribution in [0.4, 0.5) is 4.79 Å². The molecule has 0 radical (unpaired) electrons. The molecule has 9 nitrogen and oxygen atoms in total. The highest BCUT2D eigenvalue weighted by atomic mass is 35.5. The van der Waals surface area contributed by atoms with Crippen LogP contribution in [0.1, 0.15) is 28.7 Å². The fraction of sp³-hybridized carbons (Fsp3) is 0.368. The van der Waals surface area contributed by atoms with Crippen molar-refractivity contribution in [1.82, 2.24) is 14.4 Å². The molecule has 0 spiro atoms. The Morgan fingerprint density at radius 2 is 1.66 bits per heavy atom. The van der Waals surface area contributed by atoms with E-state index in [1.807, 2.05) is 0 Å². The van der Waals surface area contributed by atoms with E-state index in [1.54, 1.807) is 25.5 Å². The van der Waals surface area contributed by atoms with E-state index in [4.69, 9.17) is 11.6 Å². The standard InChI is InChI=1S/C19H21ClN4O5/c1-9-10(2)24(29)16(21(9)3)14(11-6-7-13(25)12(20)8-11)15-17(26)22(4)19(28)23(5)18(15)27/h6-8,14-15,25H,1-5H3. The van der Waals surface area contributed by atoms with Crippen LogP contribution >= 0.6 is 11.6 Å². The molecule has 154 valence electrons. The Labute approximate surface area is 172 Å². The van der Waals surface area contributed by atoms with Crippen molar-refractivity contribution in [2.75, 3.05) is 14.1 Å². The molecule has 1 saturated heterocycles. The number of hydrogen-bond acceptors (Lipinski definition) is 5. The van der Waals surface area contributed by atoms with Crippen LogP contribution in [0.25, 0.3) is 0 Å². The number of halogens is 1. The lowest BCUT2D eigenvalue weighted by Gasteiger charge is -2.35. The molecule has 10 heteroatoms. The summed E-state index contributed by atoms with van der Waals surface area (Å²) in [5.74, 6) is -3.83. The lowest BCUT2D eigenvalue weighted by atomic mass is 9.82. The molecular formula is C19H21ClN4O5. The van der Waals surface area contributed by atoms with E-state index in [-0.39, 0.29) is 16.6 Å². The zero-order valence-corrected chi connectivity index (χ0v) is 17.4. The second-order valence-corrected chi connectivity index (χ2v) is 7.53. The third-order valence-corrected chi connectivity index (χ3v) is 5.90. The van der Waals surface area contributed by atoms with Gasteiger partial charge < -0.3 is 10.3 Å². The maximum Gasteiger partial charge on any atom is 0.332 e. The molecule has 1 aliphatic rings. The highest BCUT2D eigenvalue weighted by Gasteiger charge is 2.51. The van der Waals surface area contributed by atoms with E-state index < -0.39 is 29.7 Å². The molecule has 2 heterocycles. The van der Waals surface area contributed by atoms with E-state index in [1.165, 1.54) is 32.3 Å². The van der Waals surface area contributed by atoms with Crippen molar-refractivity contribution in [3.05, 3.63) is 51.2 Å². The fourth-order valence-corrected chi connectivity index (χ4v) is 3.82. The molecule has 2 aromatic rings. The number of phenolic OH excluding ortho intramolecular Hbond substituents is 1. The molecule has 1 aromatic carbocycles. The molecular weight excluding hydrogens is 400 g/mol. The van der Waals surface area contributed by atoms with Gasteiger partial charge in [0.25, 0.3) is 5.82 Å². The number of rotatable bonds is 3. The number of urea groups is 1. The van der Waals surface area contributed by atoms with Gasteiger partial charge in [0, 0.05) is 27.9 Å². The highest BCUT2D eigenvalue weighted by molar-refractivity contribution is 6.32. The molecule has 3 rings (SSSR count). The number of hydrogen-bond donors (Lipinski definition) is 1. The lowest BCUT2D eigenvalue weighted by molar-refractivity contribution is -0.621. The smallest absolute Gasteiger partial charge is 0.332 e. The van der Waals surface area contributed by atoms with Crippen LogP contribution in [0.15, 0.2) is 18.2 Å². The maximum atomic E-state index is 13.0. The van der Waals surface area contributed by atoms with Gasteiger partial charge in [-0.25, -0.2) is 14.1 Å². The minimum atomic E-state index is -1.35. The number of nitrogens with zero attached hydrogens (tertiary/aromatic N) is 4. The Kier molecular flexibility index (Phi) is 5.04. The average molecular weight is 421 g/mol. The van der Waals surface area contributed by atoms with Crippen LogP contribution in [0.5, 0.6) is 5.75 Å². The van der Waals surface area contributed by atoms with Crippen LogP contribution < -0.4 is 4.73 Å². The van der Waals surface area contributed by atoms with Crippen LogP contribution in [-0.4, -0.2) is 51.4 Å². The first-order valence-corrected chi connectivity index (χ1v) is 9.19. The normalized spacial score (nSPS) is 16.7. The summed E-state index contributed by atoms with van der Waals surface area (Å²) >= 11 is 6.07. The highest BCUT2D eigenvalue weighted by Crippen LogP contribution is 2.38. The first-order chi connectivity index (χ1) is 13.5. The van der Waals surface area contributed by atoms with Crippen molar-refractivity contribution in [2.45, 2.75) is 19.8 Å². The summed E-state index contributed by atoms with van der Waals surface area (Å²) in [5, 5.41) is 22.8. The molecule has 4 amide bonds. The van der Waals surface area contributed by atoms with E-state index in [0.29, 0.717) is 21.7 Å². The Bertz CT molecular complexity index is 998. The van der Waals surface area contributed by atoms with Gasteiger partial charge in [-0.15, -0.1) is 0 Å². The molecule has 0 bridgehead atoms. The summed E-state index contributed by atoms with van der Waals surface area (Å²) in [7, 11) is 4.24. The van der Waals surface area contributed by atoms with E-state index in [0.717, 1.165) is 9.80 Å². The third-order valence-electron chi connectivity index (χ3n) is 5.59. The Hall–Kier alpha value is -3.07. The Morgan fingerprint density at radius 1 is 1.10 bits per heavy atom. The molecule has 1 aliphatic heterocycles. The van der Waals surface area contributed by atoms with Crippen LogP contribution in [0, 0.1) is 25.0 Å². The average Bonchev–Trinajstić information content (AvgIpc) is 2.87. The van der Waals surface area contributed by atoms with Crippen LogP contribution in [-0.2, 0) is 16.6 Å². The number of barbiturate groups is 1. The van der Waals surface area contributed by atoms with Gasteiger partial charge in [-0.2, -0.15) is 0 Å². The predicted octanol–water partition coefficient (Wildman–Crippen LogP) is 1.43. The van der Waals surface area contributed by atoms with Gasteiger partial charge in [-0.1, -0.05) is 17.7 Å². The molecule has 29 heavy (non-hydrogen) atoms. The quantitative estimate of drug-likeness (QED) is 0.459. The van der Waals surface area contributed by atoms with Gasteiger partial charge in [-0.3, -0.25) is 19.4 Å². The number of imide groups is 2. The summed E-state index contributed by atoms with van der Waals surface area (Å²) in [6.45, 7) is 3.39. The number of imidazole rings is 1. The van der Waals surface area contributed by atoms with Gasteiger partial charge in [0.15, 0.2) is 0 Å². The van der Waals surface area contributed by atoms with E-state index in [9.17, 15) is 24.7 Å².